The molecular formula is C30H40N4O3S. The van der Waals surface area contributed by atoms with Crippen LogP contribution in [0.25, 0.3) is 10.1 Å². The second-order valence-corrected chi connectivity index (χ2v) is 13.1. The van der Waals surface area contributed by atoms with Gasteiger partial charge in [0.05, 0.1) is 10.3 Å². The zero-order chi connectivity index (χ0) is 26.0. The molecule has 2 saturated carbocycles. The largest absolute Gasteiger partial charge is 0.494 e. The summed E-state index contributed by atoms with van der Waals surface area (Å²) in [6.45, 7) is 7.87. The number of hydrogen-bond acceptors (Lipinski definition) is 7. The van der Waals surface area contributed by atoms with Crippen LogP contribution in [-0.2, 0) is 6.54 Å². The van der Waals surface area contributed by atoms with Gasteiger partial charge in [0, 0.05) is 61.7 Å². The van der Waals surface area contributed by atoms with Crippen LogP contribution in [0.5, 0.6) is 11.8 Å². The minimum Gasteiger partial charge on any atom is -0.494 e. The summed E-state index contributed by atoms with van der Waals surface area (Å²) < 4.78 is 7.81. The molecule has 1 aromatic carbocycles. The molecule has 204 valence electrons. The maximum absolute atomic E-state index is 11.3. The fourth-order valence-corrected chi connectivity index (χ4v) is 9.07. The van der Waals surface area contributed by atoms with Crippen LogP contribution in [0.4, 0.5) is 5.82 Å². The van der Waals surface area contributed by atoms with Crippen LogP contribution in [0.1, 0.15) is 74.8 Å². The van der Waals surface area contributed by atoms with E-state index in [4.69, 9.17) is 4.37 Å². The number of aromatic nitrogens is 2. The second-order valence-electron chi connectivity index (χ2n) is 12.3. The third-order valence-electron chi connectivity index (χ3n) is 10.4. The SMILES string of the molecule is CC[C@@]1(O)C[C@H]2C[C@@H]1c1c2c(O)n(C[C@@H]2CCCC[C@H]2CN2CCN(c3nsc4ccccc34)CC2)c1O. The van der Waals surface area contributed by atoms with Crippen LogP contribution < -0.4 is 4.90 Å². The van der Waals surface area contributed by atoms with Crippen molar-refractivity contribution in [3.63, 3.8) is 0 Å². The summed E-state index contributed by atoms with van der Waals surface area (Å²) in [5.41, 5.74) is 1.01. The molecule has 0 amide bonds. The zero-order valence-corrected chi connectivity index (χ0v) is 23.2. The first-order valence-electron chi connectivity index (χ1n) is 14.6. The van der Waals surface area contributed by atoms with E-state index in [9.17, 15) is 15.3 Å². The van der Waals surface area contributed by atoms with Crippen molar-refractivity contribution in [2.45, 2.75) is 75.9 Å². The summed E-state index contributed by atoms with van der Waals surface area (Å²) in [5.74, 6) is 2.73. The molecule has 0 spiro atoms. The van der Waals surface area contributed by atoms with E-state index in [2.05, 4.69) is 34.1 Å². The van der Waals surface area contributed by atoms with E-state index in [1.165, 1.54) is 29.3 Å². The smallest absolute Gasteiger partial charge is 0.197 e. The van der Waals surface area contributed by atoms with E-state index >= 15 is 0 Å². The molecule has 4 aliphatic rings. The number of fused-ring (bicyclic) bond motifs is 6. The normalized spacial score (nSPS) is 31.4. The van der Waals surface area contributed by atoms with Gasteiger partial charge in [-0.2, -0.15) is 4.37 Å². The molecule has 7 rings (SSSR count). The quantitative estimate of drug-likeness (QED) is 0.399. The van der Waals surface area contributed by atoms with Crippen molar-refractivity contribution >= 4 is 27.4 Å². The lowest BCUT2D eigenvalue weighted by molar-refractivity contribution is 0.0206. The van der Waals surface area contributed by atoms with Gasteiger partial charge in [-0.05, 0) is 73.5 Å². The lowest BCUT2D eigenvalue weighted by Gasteiger charge is -2.40. The van der Waals surface area contributed by atoms with Gasteiger partial charge in [-0.15, -0.1) is 0 Å². The van der Waals surface area contributed by atoms with Crippen molar-refractivity contribution in [1.29, 1.82) is 0 Å². The first kappa shape index (κ1) is 24.7. The highest BCUT2D eigenvalue weighted by Gasteiger charge is 2.56. The summed E-state index contributed by atoms with van der Waals surface area (Å²) in [5, 5.41) is 34.9. The molecule has 1 saturated heterocycles. The van der Waals surface area contributed by atoms with Crippen LogP contribution in [0.2, 0.25) is 0 Å². The van der Waals surface area contributed by atoms with Gasteiger partial charge in [-0.3, -0.25) is 9.47 Å². The van der Waals surface area contributed by atoms with Gasteiger partial charge < -0.3 is 20.2 Å². The molecule has 5 atom stereocenters. The van der Waals surface area contributed by atoms with Crippen LogP contribution in [0, 0.1) is 11.8 Å². The summed E-state index contributed by atoms with van der Waals surface area (Å²) in [6.07, 6.45) is 7.08. The van der Waals surface area contributed by atoms with Crippen molar-refractivity contribution < 1.29 is 15.3 Å². The second kappa shape index (κ2) is 9.42. The molecule has 8 heteroatoms. The van der Waals surface area contributed by atoms with E-state index in [0.29, 0.717) is 31.2 Å². The highest BCUT2D eigenvalue weighted by atomic mass is 32.1. The van der Waals surface area contributed by atoms with Crippen LogP contribution in [0.15, 0.2) is 24.3 Å². The molecule has 3 heterocycles. The summed E-state index contributed by atoms with van der Waals surface area (Å²) in [7, 11) is 0. The van der Waals surface area contributed by atoms with Crippen molar-refractivity contribution in [1.82, 2.24) is 13.8 Å². The molecule has 0 unspecified atom stereocenters. The van der Waals surface area contributed by atoms with Crippen molar-refractivity contribution in [2.75, 3.05) is 37.6 Å². The Morgan fingerprint density at radius 3 is 2.45 bits per heavy atom. The van der Waals surface area contributed by atoms with Crippen LogP contribution >= 0.6 is 11.5 Å². The number of aliphatic hydroxyl groups is 1. The molecular weight excluding hydrogens is 496 g/mol. The standard InChI is InChI=1S/C30H40N4O3S/c1-2-30(37)16-21-15-23(30)26-25(21)28(35)34(29(26)36)18-20-8-4-3-7-19(20)17-32-11-13-33(14-12-32)27-22-9-5-6-10-24(22)38-31-27/h5-6,9-10,19-21,23,35-37H,2-4,7-8,11-18H2,1H3/t19-,20-,21+,23+,30+/m0/s1. The van der Waals surface area contributed by atoms with Gasteiger partial charge in [-0.25, -0.2) is 0 Å². The van der Waals surface area contributed by atoms with E-state index in [1.54, 1.807) is 16.1 Å². The van der Waals surface area contributed by atoms with E-state index < -0.39 is 5.60 Å². The summed E-state index contributed by atoms with van der Waals surface area (Å²) >= 11 is 1.59. The van der Waals surface area contributed by atoms with Crippen molar-refractivity contribution in [2.24, 2.45) is 11.8 Å². The van der Waals surface area contributed by atoms with Gasteiger partial charge in [0.15, 0.2) is 11.8 Å². The van der Waals surface area contributed by atoms with Crippen molar-refractivity contribution in [3.8, 4) is 11.8 Å². The Labute approximate surface area is 228 Å². The number of nitrogens with zero attached hydrogens (tertiary/aromatic N) is 4. The van der Waals surface area contributed by atoms with Crippen molar-refractivity contribution in [3.05, 3.63) is 35.4 Å². The maximum Gasteiger partial charge on any atom is 0.197 e. The molecule has 38 heavy (non-hydrogen) atoms. The molecule has 7 nitrogen and oxygen atoms in total. The van der Waals surface area contributed by atoms with Gasteiger partial charge in [0.2, 0.25) is 0 Å². The Balaban J connectivity index is 1.03. The predicted octanol–water partition coefficient (Wildman–Crippen LogP) is 5.25. The number of benzene rings is 1. The van der Waals surface area contributed by atoms with E-state index in [-0.39, 0.29) is 23.6 Å². The van der Waals surface area contributed by atoms with Gasteiger partial charge >= 0.3 is 0 Å². The Morgan fingerprint density at radius 1 is 0.974 bits per heavy atom. The van der Waals surface area contributed by atoms with Gasteiger partial charge in [-0.1, -0.05) is 31.9 Å². The number of anilines is 1. The number of rotatable bonds is 6. The maximum atomic E-state index is 11.3. The molecule has 3 aromatic rings. The highest BCUT2D eigenvalue weighted by Crippen LogP contribution is 2.64. The highest BCUT2D eigenvalue weighted by molar-refractivity contribution is 7.13. The molecule has 1 aliphatic heterocycles. The predicted molar refractivity (Wildman–Crippen MR) is 151 cm³/mol. The fourth-order valence-electron chi connectivity index (χ4n) is 8.28. The average molecular weight is 537 g/mol. The molecule has 3 fully saturated rings. The Hall–Kier alpha value is -2.29. The third kappa shape index (κ3) is 3.86. The monoisotopic (exact) mass is 536 g/mol. The molecule has 2 aromatic heterocycles. The van der Waals surface area contributed by atoms with E-state index in [0.717, 1.165) is 62.5 Å². The molecule has 0 radical (unpaired) electrons. The van der Waals surface area contributed by atoms with Gasteiger partial charge in [0.1, 0.15) is 5.82 Å². The first-order chi connectivity index (χ1) is 18.5. The first-order valence-corrected chi connectivity index (χ1v) is 15.4. The molecule has 3 aliphatic carbocycles. The number of piperazine rings is 1. The minimum absolute atomic E-state index is 0.0482. The number of hydrogen-bond donors (Lipinski definition) is 3. The molecule has 3 N–H and O–H groups in total. The Morgan fingerprint density at radius 2 is 1.68 bits per heavy atom. The third-order valence-corrected chi connectivity index (χ3v) is 11.2. The lowest BCUT2D eigenvalue weighted by Crippen LogP contribution is -2.49. The van der Waals surface area contributed by atoms with Gasteiger partial charge in [0.25, 0.3) is 0 Å². The average Bonchev–Trinajstić information content (AvgIpc) is 3.68. The fraction of sp³-hybridized carbons (Fsp3) is 0.633. The zero-order valence-electron chi connectivity index (χ0n) is 22.3. The topological polar surface area (TPSA) is 85.0 Å². The number of aromatic hydroxyl groups is 2. The summed E-state index contributed by atoms with van der Waals surface area (Å²) in [4.78, 5) is 5.06. The lowest BCUT2D eigenvalue weighted by atomic mass is 9.78. The van der Waals surface area contributed by atoms with Crippen LogP contribution in [-0.4, -0.2) is 67.5 Å². The Kier molecular flexibility index (Phi) is 6.13. The van der Waals surface area contributed by atoms with E-state index in [1.807, 2.05) is 6.92 Å². The minimum atomic E-state index is -0.742. The van der Waals surface area contributed by atoms with Crippen LogP contribution in [0.3, 0.4) is 0 Å². The molecule has 2 bridgehead atoms. The summed E-state index contributed by atoms with van der Waals surface area (Å²) in [6, 6.07) is 8.52. The Bertz CT molecular complexity index is 1330.